The zero-order valence-corrected chi connectivity index (χ0v) is 9.30. The van der Waals surface area contributed by atoms with Crippen molar-refractivity contribution in [2.75, 3.05) is 0 Å². The zero-order chi connectivity index (χ0) is 11.4. The van der Waals surface area contributed by atoms with Crippen LogP contribution in [0.4, 0.5) is 8.78 Å². The van der Waals surface area contributed by atoms with Crippen LogP contribution in [0, 0.1) is 6.92 Å². The Morgan fingerprint density at radius 1 is 1.20 bits per heavy atom. The molecule has 1 N–H and O–H groups in total. The summed E-state index contributed by atoms with van der Waals surface area (Å²) in [6.45, 7) is 5.39. The Bertz CT molecular complexity index is 312. The summed E-state index contributed by atoms with van der Waals surface area (Å²) in [7, 11) is 0. The van der Waals surface area contributed by atoms with Crippen LogP contribution in [-0.4, -0.2) is 12.5 Å². The van der Waals surface area contributed by atoms with Gasteiger partial charge in [0.05, 0.1) is 6.04 Å². The summed E-state index contributed by atoms with van der Waals surface area (Å²) in [6, 6.07) is 7.07. The molecule has 1 aromatic rings. The molecule has 1 rings (SSSR count). The van der Waals surface area contributed by atoms with E-state index >= 15 is 0 Å². The summed E-state index contributed by atoms with van der Waals surface area (Å²) < 4.78 is 24.6. The first-order chi connectivity index (χ1) is 7.00. The average molecular weight is 213 g/mol. The minimum absolute atomic E-state index is 0.0473. The molecule has 0 amide bonds. The molecule has 0 aromatic heterocycles. The van der Waals surface area contributed by atoms with Crippen LogP contribution in [0.15, 0.2) is 24.3 Å². The topological polar surface area (TPSA) is 12.0 Å². The van der Waals surface area contributed by atoms with Gasteiger partial charge >= 0.3 is 0 Å². The SMILES string of the molecule is Cc1cccc([C@@H](C)NC(C)C(F)F)c1. The number of hydrogen-bond donors (Lipinski definition) is 1. The fraction of sp³-hybridized carbons (Fsp3) is 0.500. The molecule has 0 fully saturated rings. The van der Waals surface area contributed by atoms with Crippen LogP contribution in [0.1, 0.15) is 31.0 Å². The highest BCUT2D eigenvalue weighted by molar-refractivity contribution is 5.24. The Hall–Kier alpha value is -0.960. The first-order valence-electron chi connectivity index (χ1n) is 5.11. The lowest BCUT2D eigenvalue weighted by Gasteiger charge is -2.19. The number of hydrogen-bond acceptors (Lipinski definition) is 1. The summed E-state index contributed by atoms with van der Waals surface area (Å²) in [4.78, 5) is 0. The quantitative estimate of drug-likeness (QED) is 0.809. The lowest BCUT2D eigenvalue weighted by molar-refractivity contribution is 0.101. The molecule has 15 heavy (non-hydrogen) atoms. The van der Waals surface area contributed by atoms with E-state index in [0.29, 0.717) is 0 Å². The number of alkyl halides is 2. The first kappa shape index (κ1) is 12.1. The highest BCUT2D eigenvalue weighted by atomic mass is 19.3. The van der Waals surface area contributed by atoms with E-state index in [1.54, 1.807) is 0 Å². The molecule has 1 nitrogen and oxygen atoms in total. The summed E-state index contributed by atoms with van der Waals surface area (Å²) in [6.07, 6.45) is -2.32. The fourth-order valence-electron chi connectivity index (χ4n) is 1.50. The molecular formula is C12H17F2N. The van der Waals surface area contributed by atoms with Gasteiger partial charge in [0, 0.05) is 6.04 Å². The average Bonchev–Trinajstić information content (AvgIpc) is 2.17. The van der Waals surface area contributed by atoms with Crippen LogP contribution in [0.2, 0.25) is 0 Å². The van der Waals surface area contributed by atoms with Crippen molar-refractivity contribution >= 4 is 0 Å². The fourth-order valence-corrected chi connectivity index (χ4v) is 1.50. The minimum Gasteiger partial charge on any atom is -0.302 e. The molecule has 0 saturated heterocycles. The number of aryl methyl sites for hydroxylation is 1. The van der Waals surface area contributed by atoms with E-state index in [1.807, 2.05) is 38.1 Å². The van der Waals surface area contributed by atoms with Crippen molar-refractivity contribution in [1.29, 1.82) is 0 Å². The van der Waals surface area contributed by atoms with Gasteiger partial charge in [-0.3, -0.25) is 0 Å². The Balaban J connectivity index is 2.64. The largest absolute Gasteiger partial charge is 0.302 e. The maximum absolute atomic E-state index is 12.3. The van der Waals surface area contributed by atoms with E-state index in [4.69, 9.17) is 0 Å². The molecular weight excluding hydrogens is 196 g/mol. The molecule has 0 saturated carbocycles. The van der Waals surface area contributed by atoms with Crippen molar-refractivity contribution in [3.8, 4) is 0 Å². The summed E-state index contributed by atoms with van der Waals surface area (Å²) in [5, 5.41) is 2.87. The predicted molar refractivity (Wildman–Crippen MR) is 58.2 cm³/mol. The van der Waals surface area contributed by atoms with E-state index in [0.717, 1.165) is 11.1 Å². The van der Waals surface area contributed by atoms with Crippen LogP contribution in [0.3, 0.4) is 0 Å². The van der Waals surface area contributed by atoms with E-state index in [-0.39, 0.29) is 6.04 Å². The molecule has 84 valence electrons. The Labute approximate surface area is 89.5 Å². The normalized spacial score (nSPS) is 15.3. The van der Waals surface area contributed by atoms with Crippen LogP contribution in [-0.2, 0) is 0 Å². The van der Waals surface area contributed by atoms with Gasteiger partial charge in [-0.2, -0.15) is 0 Å². The third-order valence-corrected chi connectivity index (χ3v) is 2.43. The van der Waals surface area contributed by atoms with Gasteiger partial charge in [-0.05, 0) is 26.3 Å². The molecule has 0 radical (unpaired) electrons. The van der Waals surface area contributed by atoms with Gasteiger partial charge in [0.25, 0.3) is 6.43 Å². The highest BCUT2D eigenvalue weighted by Crippen LogP contribution is 2.15. The molecule has 3 heteroatoms. The Kier molecular flexibility index (Phi) is 4.21. The van der Waals surface area contributed by atoms with Gasteiger partial charge in [0.2, 0.25) is 0 Å². The van der Waals surface area contributed by atoms with Crippen LogP contribution in [0.5, 0.6) is 0 Å². The zero-order valence-electron chi connectivity index (χ0n) is 9.30. The standard InChI is InChI=1S/C12H17F2N/c1-8-5-4-6-11(7-8)9(2)15-10(3)12(13)14/h4-7,9-10,12,15H,1-3H3/t9-,10?/m1/s1. The Morgan fingerprint density at radius 3 is 2.40 bits per heavy atom. The smallest absolute Gasteiger partial charge is 0.253 e. The van der Waals surface area contributed by atoms with Gasteiger partial charge < -0.3 is 5.32 Å². The Morgan fingerprint density at radius 2 is 1.87 bits per heavy atom. The summed E-state index contributed by atoms with van der Waals surface area (Å²) >= 11 is 0. The number of nitrogens with one attached hydrogen (secondary N) is 1. The maximum atomic E-state index is 12.3. The molecule has 0 aliphatic rings. The summed E-state index contributed by atoms with van der Waals surface area (Å²) in [5.74, 6) is 0. The van der Waals surface area contributed by atoms with E-state index in [2.05, 4.69) is 5.32 Å². The van der Waals surface area contributed by atoms with Crippen molar-refractivity contribution < 1.29 is 8.78 Å². The predicted octanol–water partition coefficient (Wildman–Crippen LogP) is 3.30. The van der Waals surface area contributed by atoms with Crippen molar-refractivity contribution in [1.82, 2.24) is 5.32 Å². The lowest BCUT2D eigenvalue weighted by Crippen LogP contribution is -2.34. The van der Waals surface area contributed by atoms with Gasteiger partial charge in [0.15, 0.2) is 0 Å². The molecule has 1 aromatic carbocycles. The molecule has 0 aliphatic carbocycles. The third kappa shape index (κ3) is 3.59. The summed E-state index contributed by atoms with van der Waals surface area (Å²) in [5.41, 5.74) is 2.19. The maximum Gasteiger partial charge on any atom is 0.253 e. The second kappa shape index (κ2) is 5.21. The van der Waals surface area contributed by atoms with Gasteiger partial charge in [-0.15, -0.1) is 0 Å². The van der Waals surface area contributed by atoms with Crippen LogP contribution >= 0.6 is 0 Å². The van der Waals surface area contributed by atoms with Crippen molar-refractivity contribution in [3.63, 3.8) is 0 Å². The molecule has 2 atom stereocenters. The van der Waals surface area contributed by atoms with Crippen LogP contribution < -0.4 is 5.32 Å². The van der Waals surface area contributed by atoms with Gasteiger partial charge in [0.1, 0.15) is 0 Å². The molecule has 1 unspecified atom stereocenters. The second-order valence-corrected chi connectivity index (χ2v) is 3.93. The van der Waals surface area contributed by atoms with E-state index in [9.17, 15) is 8.78 Å². The monoisotopic (exact) mass is 213 g/mol. The number of benzene rings is 1. The molecule has 0 heterocycles. The molecule has 0 aliphatic heterocycles. The van der Waals surface area contributed by atoms with Crippen LogP contribution in [0.25, 0.3) is 0 Å². The number of halogens is 2. The molecule has 0 bridgehead atoms. The first-order valence-corrected chi connectivity index (χ1v) is 5.11. The van der Waals surface area contributed by atoms with Crippen molar-refractivity contribution in [2.45, 2.75) is 39.3 Å². The minimum atomic E-state index is -2.32. The number of rotatable bonds is 4. The van der Waals surface area contributed by atoms with Crippen molar-refractivity contribution in [2.24, 2.45) is 0 Å². The van der Waals surface area contributed by atoms with Gasteiger partial charge in [-0.1, -0.05) is 29.8 Å². The van der Waals surface area contributed by atoms with Gasteiger partial charge in [-0.25, -0.2) is 8.78 Å². The molecule has 0 spiro atoms. The third-order valence-electron chi connectivity index (χ3n) is 2.43. The lowest BCUT2D eigenvalue weighted by atomic mass is 10.1. The van der Waals surface area contributed by atoms with Crippen molar-refractivity contribution in [3.05, 3.63) is 35.4 Å². The van der Waals surface area contributed by atoms with E-state index < -0.39 is 12.5 Å². The van der Waals surface area contributed by atoms with E-state index in [1.165, 1.54) is 6.92 Å². The highest BCUT2D eigenvalue weighted by Gasteiger charge is 2.17. The second-order valence-electron chi connectivity index (χ2n) is 3.93.